The number of carbonyl (C=O) groups excluding carboxylic acids is 4. The molecule has 0 saturated carbocycles. The molecule has 4 aliphatic heterocycles. The normalized spacial score (nSPS) is 25.9. The largest absolute Gasteiger partial charge is 0.368 e. The fraction of sp³-hybridized carbons (Fsp3) is 0.500. The minimum atomic E-state index is -0.934. The Morgan fingerprint density at radius 1 is 0.931 bits per heavy atom. The highest BCUT2D eigenvalue weighted by Gasteiger charge is 2.46. The summed E-state index contributed by atoms with van der Waals surface area (Å²) in [5, 5.41) is 5.53. The summed E-state index contributed by atoms with van der Waals surface area (Å²) < 4.78 is 0. The number of anilines is 1. The second kappa shape index (κ2) is 6.93. The van der Waals surface area contributed by atoms with Crippen molar-refractivity contribution in [2.75, 3.05) is 44.2 Å². The zero-order valence-corrected chi connectivity index (χ0v) is 16.0. The molecule has 1 atom stereocenters. The first kappa shape index (κ1) is 18.3. The number of nitrogens with zero attached hydrogens (tertiary/aromatic N) is 3. The van der Waals surface area contributed by atoms with Crippen molar-refractivity contribution in [2.45, 2.75) is 24.9 Å². The van der Waals surface area contributed by atoms with E-state index in [1.807, 2.05) is 6.07 Å². The number of rotatable bonds is 3. The number of benzene rings is 1. The van der Waals surface area contributed by atoms with Gasteiger partial charge in [-0.25, -0.2) is 0 Å². The van der Waals surface area contributed by atoms with Gasteiger partial charge in [0, 0.05) is 51.7 Å². The van der Waals surface area contributed by atoms with Crippen LogP contribution in [0.15, 0.2) is 18.2 Å². The molecule has 3 fully saturated rings. The predicted octanol–water partition coefficient (Wildman–Crippen LogP) is -0.818. The van der Waals surface area contributed by atoms with E-state index in [1.165, 1.54) is 0 Å². The van der Waals surface area contributed by atoms with Gasteiger partial charge < -0.3 is 10.2 Å². The van der Waals surface area contributed by atoms with E-state index in [9.17, 15) is 19.2 Å². The molecule has 0 aromatic heterocycles. The Balaban J connectivity index is 1.39. The number of amides is 4. The summed E-state index contributed by atoms with van der Waals surface area (Å²) in [7, 11) is 0. The second-order valence-electron chi connectivity index (χ2n) is 7.98. The summed E-state index contributed by atoms with van der Waals surface area (Å²) in [6.07, 6.45) is 0.286. The second-order valence-corrected chi connectivity index (χ2v) is 7.98. The Morgan fingerprint density at radius 3 is 2.34 bits per heavy atom. The molecule has 0 radical (unpaired) electrons. The van der Waals surface area contributed by atoms with Gasteiger partial charge in [-0.3, -0.25) is 34.3 Å². The van der Waals surface area contributed by atoms with Crippen LogP contribution in [0.1, 0.15) is 33.6 Å². The third-order valence-corrected chi connectivity index (χ3v) is 6.38. The summed E-state index contributed by atoms with van der Waals surface area (Å²) in [5.41, 5.74) is 1.46. The average molecular weight is 397 g/mol. The molecule has 9 nitrogen and oxygen atoms in total. The van der Waals surface area contributed by atoms with Gasteiger partial charge in [-0.15, -0.1) is 0 Å². The van der Waals surface area contributed by atoms with Crippen LogP contribution < -0.4 is 15.5 Å². The molecule has 4 heterocycles. The molecule has 29 heavy (non-hydrogen) atoms. The molecule has 1 aromatic rings. The monoisotopic (exact) mass is 397 g/mol. The van der Waals surface area contributed by atoms with Gasteiger partial charge in [0.15, 0.2) is 0 Å². The maximum absolute atomic E-state index is 13.2. The van der Waals surface area contributed by atoms with Crippen LogP contribution in [0.25, 0.3) is 0 Å². The highest BCUT2D eigenvalue weighted by Crippen LogP contribution is 2.34. The van der Waals surface area contributed by atoms with Crippen molar-refractivity contribution in [3.05, 3.63) is 29.3 Å². The number of nitrogens with one attached hydrogen (secondary N) is 2. The number of hydrogen-bond acceptors (Lipinski definition) is 7. The molecule has 2 N–H and O–H groups in total. The van der Waals surface area contributed by atoms with Crippen LogP contribution in [-0.4, -0.2) is 84.8 Å². The summed E-state index contributed by atoms with van der Waals surface area (Å²) >= 11 is 0. The van der Waals surface area contributed by atoms with Crippen LogP contribution in [0.4, 0.5) is 5.69 Å². The van der Waals surface area contributed by atoms with E-state index >= 15 is 0 Å². The molecule has 9 heteroatoms. The molecular weight excluding hydrogens is 374 g/mol. The Kier molecular flexibility index (Phi) is 4.36. The number of carbonyl (C=O) groups is 4. The van der Waals surface area contributed by atoms with Crippen molar-refractivity contribution in [3.63, 3.8) is 0 Å². The summed E-state index contributed by atoms with van der Waals surface area (Å²) in [6, 6.07) is 4.95. The fourth-order valence-corrected chi connectivity index (χ4v) is 4.62. The molecule has 3 saturated heterocycles. The van der Waals surface area contributed by atoms with E-state index in [0.29, 0.717) is 17.2 Å². The average Bonchev–Trinajstić information content (AvgIpc) is 2.92. The number of piperazine rings is 1. The maximum Gasteiger partial charge on any atom is 0.264 e. The summed E-state index contributed by atoms with van der Waals surface area (Å²) in [6.45, 7) is 5.44. The van der Waals surface area contributed by atoms with E-state index < -0.39 is 23.8 Å². The number of fused-ring (bicyclic) bond motifs is 1. The van der Waals surface area contributed by atoms with Gasteiger partial charge in [-0.05, 0) is 18.6 Å². The standard InChI is InChI=1S/C20H23N5O4/c26-16-5-4-15(18(27)22-16)25-19(28)13-2-1-3-14(17(13)20(25)29)24-8-6-23(7-9-24)12-10-21-11-12/h1-3,12,15,21H,4-11H2,(H,22,26,27). The molecule has 5 rings (SSSR count). The van der Waals surface area contributed by atoms with Gasteiger partial charge in [0.25, 0.3) is 11.8 Å². The SMILES string of the molecule is O=C1CCC(N2C(=O)c3cccc(N4CCN(C5CNC5)CC4)c3C2=O)C(=O)N1. The molecule has 0 aliphatic carbocycles. The number of hydrogen-bond donors (Lipinski definition) is 2. The molecule has 4 aliphatic rings. The van der Waals surface area contributed by atoms with Crippen LogP contribution in [-0.2, 0) is 9.59 Å². The first-order valence-electron chi connectivity index (χ1n) is 10.1. The lowest BCUT2D eigenvalue weighted by molar-refractivity contribution is -0.136. The summed E-state index contributed by atoms with van der Waals surface area (Å²) in [5.74, 6) is -1.86. The van der Waals surface area contributed by atoms with Gasteiger partial charge in [-0.1, -0.05) is 6.07 Å². The van der Waals surface area contributed by atoms with Gasteiger partial charge in [0.2, 0.25) is 11.8 Å². The van der Waals surface area contributed by atoms with Crippen LogP contribution in [0.2, 0.25) is 0 Å². The van der Waals surface area contributed by atoms with Crippen molar-refractivity contribution in [2.24, 2.45) is 0 Å². The molecule has 152 valence electrons. The first-order valence-corrected chi connectivity index (χ1v) is 10.1. The molecule has 1 unspecified atom stereocenters. The van der Waals surface area contributed by atoms with E-state index in [0.717, 1.165) is 49.9 Å². The molecule has 1 aromatic carbocycles. The zero-order valence-electron chi connectivity index (χ0n) is 16.0. The summed E-state index contributed by atoms with van der Waals surface area (Å²) in [4.78, 5) is 55.5. The molecule has 0 bridgehead atoms. The molecule has 0 spiro atoms. The zero-order chi connectivity index (χ0) is 20.1. The van der Waals surface area contributed by atoms with E-state index in [2.05, 4.69) is 20.4 Å². The van der Waals surface area contributed by atoms with Crippen molar-refractivity contribution in [1.29, 1.82) is 0 Å². The van der Waals surface area contributed by atoms with Crippen LogP contribution >= 0.6 is 0 Å². The quantitative estimate of drug-likeness (QED) is 0.643. The van der Waals surface area contributed by atoms with Gasteiger partial charge >= 0.3 is 0 Å². The van der Waals surface area contributed by atoms with Crippen LogP contribution in [0, 0.1) is 0 Å². The van der Waals surface area contributed by atoms with Gasteiger partial charge in [0.05, 0.1) is 16.8 Å². The van der Waals surface area contributed by atoms with E-state index in [4.69, 9.17) is 0 Å². The minimum Gasteiger partial charge on any atom is -0.368 e. The van der Waals surface area contributed by atoms with Crippen molar-refractivity contribution in [3.8, 4) is 0 Å². The lowest BCUT2D eigenvalue weighted by atomic mass is 10.0. The van der Waals surface area contributed by atoms with E-state index in [1.54, 1.807) is 12.1 Å². The van der Waals surface area contributed by atoms with Crippen LogP contribution in [0.5, 0.6) is 0 Å². The van der Waals surface area contributed by atoms with Crippen molar-refractivity contribution in [1.82, 2.24) is 20.4 Å². The highest BCUT2D eigenvalue weighted by molar-refractivity contribution is 6.25. The molecule has 4 amide bonds. The number of piperidine rings is 1. The third kappa shape index (κ3) is 2.92. The maximum atomic E-state index is 13.2. The number of imide groups is 2. The third-order valence-electron chi connectivity index (χ3n) is 6.38. The predicted molar refractivity (Wildman–Crippen MR) is 104 cm³/mol. The topological polar surface area (TPSA) is 102 Å². The lowest BCUT2D eigenvalue weighted by Crippen LogP contribution is -2.61. The van der Waals surface area contributed by atoms with Crippen LogP contribution in [0.3, 0.4) is 0 Å². The van der Waals surface area contributed by atoms with E-state index in [-0.39, 0.29) is 18.7 Å². The molecular formula is C20H23N5O4. The van der Waals surface area contributed by atoms with Gasteiger partial charge in [0.1, 0.15) is 6.04 Å². The first-order chi connectivity index (χ1) is 14.0. The Morgan fingerprint density at radius 2 is 1.69 bits per heavy atom. The Labute approximate surface area is 168 Å². The Bertz CT molecular complexity index is 904. The Hall–Kier alpha value is -2.78. The lowest BCUT2D eigenvalue weighted by Gasteiger charge is -2.44. The minimum absolute atomic E-state index is 0.120. The highest BCUT2D eigenvalue weighted by atomic mass is 16.2. The van der Waals surface area contributed by atoms with Crippen molar-refractivity contribution >= 4 is 29.3 Å². The van der Waals surface area contributed by atoms with Gasteiger partial charge in [-0.2, -0.15) is 0 Å². The fourth-order valence-electron chi connectivity index (χ4n) is 4.62. The smallest absolute Gasteiger partial charge is 0.264 e. The van der Waals surface area contributed by atoms with Crippen molar-refractivity contribution < 1.29 is 19.2 Å².